The third-order valence-corrected chi connectivity index (χ3v) is 7.33. The van der Waals surface area contributed by atoms with E-state index >= 15 is 0 Å². The second-order valence-electron chi connectivity index (χ2n) is 9.65. The number of hydrogen-bond acceptors (Lipinski definition) is 5. The van der Waals surface area contributed by atoms with Crippen molar-refractivity contribution in [1.29, 1.82) is 0 Å². The second kappa shape index (κ2) is 9.84. The Kier molecular flexibility index (Phi) is 6.67. The Balaban J connectivity index is 1.16. The Labute approximate surface area is 196 Å². The smallest absolute Gasteiger partial charge is 0.254 e. The van der Waals surface area contributed by atoms with Crippen LogP contribution >= 0.6 is 0 Å². The Morgan fingerprint density at radius 3 is 2.64 bits per heavy atom. The van der Waals surface area contributed by atoms with Crippen molar-refractivity contribution >= 4 is 5.91 Å². The Hall–Kier alpha value is -2.41. The number of hydrogen-bond donors (Lipinski definition) is 1. The summed E-state index contributed by atoms with van der Waals surface area (Å²) in [6.07, 6.45) is 2.55. The Morgan fingerprint density at radius 2 is 1.82 bits per heavy atom. The molecule has 0 aromatic heterocycles. The average Bonchev–Trinajstić information content (AvgIpc) is 3.28. The monoisotopic (exact) mass is 449 g/mol. The number of ether oxygens (including phenoxy) is 1. The molecule has 1 N–H and O–H groups in total. The minimum atomic E-state index is -0.549. The maximum atomic E-state index is 13.1. The highest BCUT2D eigenvalue weighted by molar-refractivity contribution is 5.97. The summed E-state index contributed by atoms with van der Waals surface area (Å²) in [6.45, 7) is 8.73. The molecule has 0 radical (unpaired) electrons. The van der Waals surface area contributed by atoms with Gasteiger partial charge in [-0.1, -0.05) is 31.2 Å². The predicted molar refractivity (Wildman–Crippen MR) is 129 cm³/mol. The molecule has 1 fully saturated rings. The highest BCUT2D eigenvalue weighted by Gasteiger charge is 2.28. The molecule has 3 aliphatic rings. The van der Waals surface area contributed by atoms with Gasteiger partial charge in [-0.3, -0.25) is 14.6 Å². The van der Waals surface area contributed by atoms with E-state index in [1.807, 2.05) is 23.1 Å². The van der Waals surface area contributed by atoms with E-state index in [0.29, 0.717) is 19.6 Å². The lowest BCUT2D eigenvalue weighted by molar-refractivity contribution is 0.0492. The first-order valence-electron chi connectivity index (χ1n) is 12.4. The van der Waals surface area contributed by atoms with Crippen LogP contribution in [-0.2, 0) is 19.4 Å². The number of likely N-dealkylation sites (tertiary alicyclic amines) is 1. The predicted octanol–water partition coefficient (Wildman–Crippen LogP) is 2.58. The van der Waals surface area contributed by atoms with Crippen molar-refractivity contribution in [2.45, 2.75) is 44.9 Å². The van der Waals surface area contributed by atoms with Crippen LogP contribution in [0.25, 0.3) is 0 Å². The molecule has 176 valence electrons. The van der Waals surface area contributed by atoms with Crippen molar-refractivity contribution in [2.75, 3.05) is 45.8 Å². The lowest BCUT2D eigenvalue weighted by atomic mass is 9.98. The van der Waals surface area contributed by atoms with Crippen LogP contribution in [0.4, 0.5) is 0 Å². The Bertz CT molecular complexity index is 994. The fourth-order valence-electron chi connectivity index (χ4n) is 5.45. The van der Waals surface area contributed by atoms with Crippen molar-refractivity contribution < 1.29 is 14.6 Å². The van der Waals surface area contributed by atoms with Crippen LogP contribution in [0.1, 0.15) is 40.4 Å². The number of nitrogens with zero attached hydrogens (tertiary/aromatic N) is 3. The molecule has 0 saturated carbocycles. The summed E-state index contributed by atoms with van der Waals surface area (Å²) in [6, 6.07) is 14.4. The molecule has 2 aromatic rings. The normalized spacial score (nSPS) is 22.2. The van der Waals surface area contributed by atoms with E-state index in [4.69, 9.17) is 4.74 Å². The molecule has 0 bridgehead atoms. The standard InChI is InChI=1S/C27H35N3O3/c1-2-28-13-11-25(19-28)33-24-7-8-26-21(15-24)10-14-30(27(26)32)18-23(31)17-29-12-9-20-5-3-4-6-22(20)16-29/h3-8,15,23,25,31H,2,9-14,16-19H2,1H3/t23-,25?/m1/s1. The van der Waals surface area contributed by atoms with Crippen molar-refractivity contribution in [3.8, 4) is 5.75 Å². The molecule has 33 heavy (non-hydrogen) atoms. The van der Waals surface area contributed by atoms with Gasteiger partial charge in [-0.2, -0.15) is 0 Å². The minimum Gasteiger partial charge on any atom is -0.489 e. The molecule has 0 aliphatic carbocycles. The van der Waals surface area contributed by atoms with Crippen LogP contribution in [0.3, 0.4) is 0 Å². The van der Waals surface area contributed by atoms with Gasteiger partial charge in [0.1, 0.15) is 11.9 Å². The van der Waals surface area contributed by atoms with Crippen molar-refractivity contribution in [1.82, 2.24) is 14.7 Å². The number of rotatable bonds is 7. The molecule has 1 amide bonds. The molecule has 5 rings (SSSR count). The van der Waals surface area contributed by atoms with Gasteiger partial charge in [0.15, 0.2) is 0 Å². The summed E-state index contributed by atoms with van der Waals surface area (Å²) >= 11 is 0. The SMILES string of the molecule is CCN1CCC(Oc2ccc3c(c2)CCN(C[C@H](O)CN2CCc4ccccc4C2)C3=O)C1. The highest BCUT2D eigenvalue weighted by Crippen LogP contribution is 2.26. The topological polar surface area (TPSA) is 56.2 Å². The molecule has 2 aromatic carbocycles. The minimum absolute atomic E-state index is 0.0175. The van der Waals surface area contributed by atoms with Crippen LogP contribution in [-0.4, -0.2) is 83.7 Å². The first-order chi connectivity index (χ1) is 16.1. The molecule has 1 saturated heterocycles. The number of carbonyl (C=O) groups excluding carboxylic acids is 1. The van der Waals surface area contributed by atoms with E-state index in [0.717, 1.165) is 68.9 Å². The van der Waals surface area contributed by atoms with Crippen LogP contribution < -0.4 is 4.74 Å². The first kappa shape index (κ1) is 22.4. The summed E-state index contributed by atoms with van der Waals surface area (Å²) in [5, 5.41) is 10.8. The van der Waals surface area contributed by atoms with Gasteiger partial charge in [0.25, 0.3) is 5.91 Å². The second-order valence-corrected chi connectivity index (χ2v) is 9.65. The molecule has 3 heterocycles. The number of β-amino-alcohol motifs (C(OH)–C–C–N with tert-alkyl or cyclic N) is 1. The van der Waals surface area contributed by atoms with E-state index in [-0.39, 0.29) is 12.0 Å². The number of aliphatic hydroxyl groups excluding tert-OH is 1. The fourth-order valence-corrected chi connectivity index (χ4v) is 5.45. The number of amides is 1. The summed E-state index contributed by atoms with van der Waals surface area (Å²) in [5.74, 6) is 0.882. The lowest BCUT2D eigenvalue weighted by Crippen LogP contribution is -2.46. The van der Waals surface area contributed by atoms with Gasteiger partial charge < -0.3 is 14.7 Å². The quantitative estimate of drug-likeness (QED) is 0.704. The lowest BCUT2D eigenvalue weighted by Gasteiger charge is -2.34. The number of likely N-dealkylation sites (N-methyl/N-ethyl adjacent to an activating group) is 1. The first-order valence-corrected chi connectivity index (χ1v) is 12.4. The number of aliphatic hydroxyl groups is 1. The van der Waals surface area contributed by atoms with Crippen LogP contribution in [0.15, 0.2) is 42.5 Å². The largest absolute Gasteiger partial charge is 0.489 e. The number of fused-ring (bicyclic) bond motifs is 2. The Morgan fingerprint density at radius 1 is 1.00 bits per heavy atom. The van der Waals surface area contributed by atoms with Gasteiger partial charge in [0.05, 0.1) is 6.10 Å². The van der Waals surface area contributed by atoms with Crippen LogP contribution in [0.2, 0.25) is 0 Å². The maximum Gasteiger partial charge on any atom is 0.254 e. The van der Waals surface area contributed by atoms with E-state index in [9.17, 15) is 9.90 Å². The zero-order valence-electron chi connectivity index (χ0n) is 19.6. The van der Waals surface area contributed by atoms with E-state index in [1.54, 1.807) is 0 Å². The van der Waals surface area contributed by atoms with Crippen molar-refractivity contribution in [3.05, 3.63) is 64.7 Å². The summed E-state index contributed by atoms with van der Waals surface area (Å²) in [7, 11) is 0. The van der Waals surface area contributed by atoms with E-state index in [1.165, 1.54) is 11.1 Å². The van der Waals surface area contributed by atoms with Gasteiger partial charge in [-0.25, -0.2) is 0 Å². The maximum absolute atomic E-state index is 13.1. The summed E-state index contributed by atoms with van der Waals surface area (Å²) < 4.78 is 6.20. The van der Waals surface area contributed by atoms with Crippen molar-refractivity contribution in [3.63, 3.8) is 0 Å². The molecule has 2 atom stereocenters. The van der Waals surface area contributed by atoms with Gasteiger partial charge >= 0.3 is 0 Å². The molecule has 6 heteroatoms. The van der Waals surface area contributed by atoms with Crippen molar-refractivity contribution in [2.24, 2.45) is 0 Å². The molecule has 1 unspecified atom stereocenters. The number of benzene rings is 2. The van der Waals surface area contributed by atoms with Crippen LogP contribution in [0, 0.1) is 0 Å². The van der Waals surface area contributed by atoms with Gasteiger partial charge in [0, 0.05) is 51.4 Å². The van der Waals surface area contributed by atoms with E-state index in [2.05, 4.69) is 41.0 Å². The third kappa shape index (κ3) is 5.08. The molecular formula is C27H35N3O3. The third-order valence-electron chi connectivity index (χ3n) is 7.33. The van der Waals surface area contributed by atoms with Gasteiger partial charge in [-0.15, -0.1) is 0 Å². The van der Waals surface area contributed by atoms with Crippen LogP contribution in [0.5, 0.6) is 5.75 Å². The fraction of sp³-hybridized carbons (Fsp3) is 0.519. The number of carbonyl (C=O) groups is 1. The summed E-state index contributed by atoms with van der Waals surface area (Å²) in [5.41, 5.74) is 4.55. The zero-order valence-corrected chi connectivity index (χ0v) is 19.6. The molecule has 0 spiro atoms. The highest BCUT2D eigenvalue weighted by atomic mass is 16.5. The molecular weight excluding hydrogens is 414 g/mol. The average molecular weight is 450 g/mol. The van der Waals surface area contributed by atoms with Gasteiger partial charge in [-0.05, 0) is 60.7 Å². The molecule has 6 nitrogen and oxygen atoms in total. The summed E-state index contributed by atoms with van der Waals surface area (Å²) in [4.78, 5) is 19.6. The van der Waals surface area contributed by atoms with E-state index < -0.39 is 6.10 Å². The molecule has 3 aliphatic heterocycles. The van der Waals surface area contributed by atoms with Gasteiger partial charge in [0.2, 0.25) is 0 Å². The zero-order chi connectivity index (χ0) is 22.8.